The highest BCUT2D eigenvalue weighted by Gasteiger charge is 2.35. The molecule has 1 fully saturated rings. The lowest BCUT2D eigenvalue weighted by molar-refractivity contribution is -0.117. The standard InChI is InChI=1S/C23H18ClN5O4/c1-13-19(20(28-33-13)16-9-5-6-10-17(16)24)21(31)25-23-27-26-22(32-23)14-11-18(30)29(12-14)15-7-3-2-4-8-15/h2-10,14H,11-12H2,1H3,(H,25,27,31). The van der Waals surface area contributed by atoms with Gasteiger partial charge in [0.05, 0.1) is 10.9 Å². The minimum atomic E-state index is -0.521. The van der Waals surface area contributed by atoms with Gasteiger partial charge in [-0.25, -0.2) is 0 Å². The Bertz CT molecular complexity index is 1330. The van der Waals surface area contributed by atoms with E-state index in [1.54, 1.807) is 36.1 Å². The molecule has 9 nitrogen and oxygen atoms in total. The highest BCUT2D eigenvalue weighted by atomic mass is 35.5. The quantitative estimate of drug-likeness (QED) is 0.464. The Morgan fingerprint density at radius 1 is 1.12 bits per heavy atom. The fourth-order valence-electron chi connectivity index (χ4n) is 3.82. The maximum atomic E-state index is 13.0. The van der Waals surface area contributed by atoms with Crippen molar-refractivity contribution in [2.24, 2.45) is 0 Å². The number of rotatable bonds is 5. The molecule has 1 unspecified atom stereocenters. The van der Waals surface area contributed by atoms with Crippen molar-refractivity contribution in [1.82, 2.24) is 15.4 Å². The monoisotopic (exact) mass is 463 g/mol. The van der Waals surface area contributed by atoms with Crippen LogP contribution in [0.3, 0.4) is 0 Å². The number of benzene rings is 2. The second-order valence-corrected chi connectivity index (χ2v) is 7.99. The number of aryl methyl sites for hydroxylation is 1. The van der Waals surface area contributed by atoms with Crippen LogP contribution in [0.4, 0.5) is 11.7 Å². The SMILES string of the molecule is Cc1onc(-c2ccccc2Cl)c1C(=O)Nc1nnc(C2CC(=O)N(c3ccccc3)C2)o1. The number of hydrogen-bond donors (Lipinski definition) is 1. The van der Waals surface area contributed by atoms with Crippen molar-refractivity contribution in [3.8, 4) is 11.3 Å². The van der Waals surface area contributed by atoms with Crippen LogP contribution in [0.1, 0.15) is 34.3 Å². The molecule has 5 rings (SSSR count). The van der Waals surface area contributed by atoms with E-state index in [0.717, 1.165) is 5.69 Å². The van der Waals surface area contributed by atoms with Crippen LogP contribution in [0.2, 0.25) is 5.02 Å². The van der Waals surface area contributed by atoms with E-state index < -0.39 is 5.91 Å². The predicted molar refractivity (Wildman–Crippen MR) is 120 cm³/mol. The van der Waals surface area contributed by atoms with Gasteiger partial charge in [-0.15, -0.1) is 5.10 Å². The summed E-state index contributed by atoms with van der Waals surface area (Å²) in [5.41, 5.74) is 1.91. The number of para-hydroxylation sites is 1. The molecule has 0 spiro atoms. The second-order valence-electron chi connectivity index (χ2n) is 7.58. The van der Waals surface area contributed by atoms with Crippen LogP contribution in [0.25, 0.3) is 11.3 Å². The summed E-state index contributed by atoms with van der Waals surface area (Å²) >= 11 is 6.26. The molecule has 2 aromatic carbocycles. The van der Waals surface area contributed by atoms with Crippen LogP contribution in [0.15, 0.2) is 63.5 Å². The van der Waals surface area contributed by atoms with Gasteiger partial charge in [0.25, 0.3) is 5.91 Å². The van der Waals surface area contributed by atoms with E-state index >= 15 is 0 Å². The molecule has 0 saturated carbocycles. The highest BCUT2D eigenvalue weighted by Crippen LogP contribution is 2.33. The molecule has 0 aliphatic carbocycles. The van der Waals surface area contributed by atoms with Crippen LogP contribution < -0.4 is 10.2 Å². The van der Waals surface area contributed by atoms with E-state index in [4.69, 9.17) is 20.5 Å². The van der Waals surface area contributed by atoms with E-state index in [9.17, 15) is 9.59 Å². The minimum absolute atomic E-state index is 0.0283. The van der Waals surface area contributed by atoms with Crippen LogP contribution in [-0.2, 0) is 4.79 Å². The Morgan fingerprint density at radius 2 is 1.88 bits per heavy atom. The predicted octanol–water partition coefficient (Wildman–Crippen LogP) is 4.46. The zero-order valence-corrected chi connectivity index (χ0v) is 18.2. The topological polar surface area (TPSA) is 114 Å². The van der Waals surface area contributed by atoms with Gasteiger partial charge in [0.1, 0.15) is 17.0 Å². The first-order valence-electron chi connectivity index (χ1n) is 10.2. The average Bonchev–Trinajstić information content (AvgIpc) is 3.53. The van der Waals surface area contributed by atoms with Gasteiger partial charge >= 0.3 is 6.01 Å². The van der Waals surface area contributed by atoms with E-state index in [0.29, 0.717) is 28.6 Å². The fourth-order valence-corrected chi connectivity index (χ4v) is 4.04. The maximum absolute atomic E-state index is 13.0. The van der Waals surface area contributed by atoms with Gasteiger partial charge < -0.3 is 13.8 Å². The first-order chi connectivity index (χ1) is 16.0. The molecule has 0 radical (unpaired) electrons. The number of halogens is 1. The largest absolute Gasteiger partial charge is 0.407 e. The average molecular weight is 464 g/mol. The lowest BCUT2D eigenvalue weighted by Gasteiger charge is -2.15. The third-order valence-electron chi connectivity index (χ3n) is 5.42. The smallest absolute Gasteiger partial charge is 0.322 e. The van der Waals surface area contributed by atoms with Crippen molar-refractivity contribution < 1.29 is 18.5 Å². The number of anilines is 2. The molecule has 166 valence electrons. The van der Waals surface area contributed by atoms with Crippen LogP contribution in [0, 0.1) is 6.92 Å². The number of aromatic nitrogens is 3. The molecule has 4 aromatic rings. The first kappa shape index (κ1) is 20.9. The Hall–Kier alpha value is -3.98. The van der Waals surface area contributed by atoms with Crippen molar-refractivity contribution in [3.05, 3.63) is 76.8 Å². The number of carbonyl (C=O) groups excluding carboxylic acids is 2. The van der Waals surface area contributed by atoms with Gasteiger partial charge in [0.2, 0.25) is 11.8 Å². The molecule has 1 aliphatic heterocycles. The third-order valence-corrected chi connectivity index (χ3v) is 5.75. The molecule has 2 amide bonds. The summed E-state index contributed by atoms with van der Waals surface area (Å²) in [6, 6.07) is 16.3. The molecule has 1 saturated heterocycles. The lowest BCUT2D eigenvalue weighted by Crippen LogP contribution is -2.24. The van der Waals surface area contributed by atoms with E-state index in [1.807, 2.05) is 30.3 Å². The molecule has 33 heavy (non-hydrogen) atoms. The molecular formula is C23H18ClN5O4. The molecule has 1 aliphatic rings. The van der Waals surface area contributed by atoms with E-state index in [1.165, 1.54) is 0 Å². The Morgan fingerprint density at radius 3 is 2.67 bits per heavy atom. The summed E-state index contributed by atoms with van der Waals surface area (Å²) in [4.78, 5) is 27.1. The Labute approximate surface area is 193 Å². The summed E-state index contributed by atoms with van der Waals surface area (Å²) in [5, 5.41) is 15.0. The van der Waals surface area contributed by atoms with Crippen LogP contribution in [0.5, 0.6) is 0 Å². The fraction of sp³-hybridized carbons (Fsp3) is 0.174. The maximum Gasteiger partial charge on any atom is 0.322 e. The summed E-state index contributed by atoms with van der Waals surface area (Å²) in [5.74, 6) is -0.217. The van der Waals surface area contributed by atoms with Gasteiger partial charge in [0.15, 0.2) is 0 Å². The van der Waals surface area contributed by atoms with Gasteiger partial charge in [-0.3, -0.25) is 14.9 Å². The molecule has 0 bridgehead atoms. The molecular weight excluding hydrogens is 446 g/mol. The molecule has 2 aromatic heterocycles. The number of nitrogens with zero attached hydrogens (tertiary/aromatic N) is 4. The van der Waals surface area contributed by atoms with Gasteiger partial charge in [0, 0.05) is 24.2 Å². The van der Waals surface area contributed by atoms with Crippen molar-refractivity contribution in [1.29, 1.82) is 0 Å². The summed E-state index contributed by atoms with van der Waals surface area (Å²) < 4.78 is 10.9. The second kappa shape index (κ2) is 8.51. The number of carbonyl (C=O) groups is 2. The zero-order valence-electron chi connectivity index (χ0n) is 17.5. The molecule has 10 heteroatoms. The first-order valence-corrected chi connectivity index (χ1v) is 10.6. The van der Waals surface area contributed by atoms with Crippen LogP contribution >= 0.6 is 11.6 Å². The summed E-state index contributed by atoms with van der Waals surface area (Å²) in [7, 11) is 0. The lowest BCUT2D eigenvalue weighted by atomic mass is 10.1. The summed E-state index contributed by atoms with van der Waals surface area (Å²) in [6.45, 7) is 2.05. The molecule has 1 atom stereocenters. The van der Waals surface area contributed by atoms with Crippen LogP contribution in [-0.4, -0.2) is 33.7 Å². The Balaban J connectivity index is 1.33. The van der Waals surface area contributed by atoms with Gasteiger partial charge in [-0.05, 0) is 25.1 Å². The third kappa shape index (κ3) is 3.98. The molecule has 3 heterocycles. The van der Waals surface area contributed by atoms with Crippen molar-refractivity contribution in [3.63, 3.8) is 0 Å². The van der Waals surface area contributed by atoms with E-state index in [-0.39, 0.29) is 35.7 Å². The number of amides is 2. The minimum Gasteiger partial charge on any atom is -0.407 e. The zero-order chi connectivity index (χ0) is 22.9. The van der Waals surface area contributed by atoms with Crippen molar-refractivity contribution in [2.45, 2.75) is 19.3 Å². The molecule has 1 N–H and O–H groups in total. The summed E-state index contributed by atoms with van der Waals surface area (Å²) in [6.07, 6.45) is 0.242. The van der Waals surface area contributed by atoms with Gasteiger partial charge in [-0.1, -0.05) is 58.3 Å². The van der Waals surface area contributed by atoms with E-state index in [2.05, 4.69) is 20.7 Å². The highest BCUT2D eigenvalue weighted by molar-refractivity contribution is 6.33. The Kier molecular flexibility index (Phi) is 5.39. The van der Waals surface area contributed by atoms with Crippen molar-refractivity contribution >= 4 is 35.1 Å². The van der Waals surface area contributed by atoms with Gasteiger partial charge in [-0.2, -0.15) is 0 Å². The number of hydrogen-bond acceptors (Lipinski definition) is 7. The van der Waals surface area contributed by atoms with Crippen molar-refractivity contribution in [2.75, 3.05) is 16.8 Å². The number of nitrogens with one attached hydrogen (secondary N) is 1. The normalized spacial score (nSPS) is 15.8.